The molecule has 168 valence electrons. The van der Waals surface area contributed by atoms with Crippen molar-refractivity contribution < 1.29 is 23.8 Å². The van der Waals surface area contributed by atoms with Gasteiger partial charge in [0.15, 0.2) is 5.78 Å². The maximum Gasteiger partial charge on any atom is 0.264 e. The first-order chi connectivity index (χ1) is 15.2. The van der Waals surface area contributed by atoms with Gasteiger partial charge in [-0.3, -0.25) is 4.79 Å². The maximum absolute atomic E-state index is 15.4. The van der Waals surface area contributed by atoms with Gasteiger partial charge in [0.1, 0.15) is 24.1 Å². The van der Waals surface area contributed by atoms with Gasteiger partial charge in [0.05, 0.1) is 0 Å². The Morgan fingerprint density at radius 2 is 1.94 bits per heavy atom. The van der Waals surface area contributed by atoms with E-state index in [1.807, 2.05) is 43.3 Å². The number of halogens is 1. The Morgan fingerprint density at radius 1 is 1.19 bits per heavy atom. The molecule has 1 aromatic carbocycles. The third-order valence-electron chi connectivity index (χ3n) is 9.15. The van der Waals surface area contributed by atoms with E-state index in [1.54, 1.807) is 6.08 Å². The zero-order valence-electron chi connectivity index (χ0n) is 18.5. The number of alkyl halides is 1. The van der Waals surface area contributed by atoms with Gasteiger partial charge in [0, 0.05) is 10.8 Å². The van der Waals surface area contributed by atoms with Crippen molar-refractivity contribution in [3.63, 3.8) is 0 Å². The number of para-hydroxylation sites is 1. The number of rotatable bonds is 3. The van der Waals surface area contributed by atoms with E-state index in [0.29, 0.717) is 37.2 Å². The molecule has 2 saturated carbocycles. The fraction of sp³-hybridized carbons (Fsp3) is 0.519. The second-order valence-corrected chi connectivity index (χ2v) is 10.6. The number of ketones is 1. The highest BCUT2D eigenvalue weighted by atomic mass is 19.1. The molecule has 4 nitrogen and oxygen atoms in total. The van der Waals surface area contributed by atoms with E-state index in [-0.39, 0.29) is 17.6 Å². The molecule has 0 bridgehead atoms. The normalized spacial score (nSPS) is 46.5. The molecule has 32 heavy (non-hydrogen) atoms. The van der Waals surface area contributed by atoms with E-state index in [4.69, 9.17) is 9.47 Å². The van der Waals surface area contributed by atoms with Crippen molar-refractivity contribution in [1.29, 1.82) is 0 Å². The van der Waals surface area contributed by atoms with Crippen LogP contribution in [0, 0.1) is 22.7 Å². The van der Waals surface area contributed by atoms with Crippen LogP contribution in [0.3, 0.4) is 0 Å². The van der Waals surface area contributed by atoms with Crippen molar-refractivity contribution in [2.45, 2.75) is 57.1 Å². The Labute approximate surface area is 187 Å². The van der Waals surface area contributed by atoms with Gasteiger partial charge in [-0.25, -0.2) is 4.39 Å². The number of hydrogen-bond acceptors (Lipinski definition) is 4. The Balaban J connectivity index is 1.38. The molecule has 0 amide bonds. The van der Waals surface area contributed by atoms with Gasteiger partial charge in [-0.15, -0.1) is 0 Å². The van der Waals surface area contributed by atoms with Gasteiger partial charge >= 0.3 is 0 Å². The average Bonchev–Trinajstić information content (AvgIpc) is 3.50. The Kier molecular flexibility index (Phi) is 4.09. The van der Waals surface area contributed by atoms with Crippen molar-refractivity contribution in [3.8, 4) is 5.75 Å². The van der Waals surface area contributed by atoms with Crippen LogP contribution in [-0.4, -0.2) is 35.1 Å². The molecular formula is C27H29FO4. The van der Waals surface area contributed by atoms with Crippen LogP contribution in [0.1, 0.15) is 39.5 Å². The van der Waals surface area contributed by atoms with Crippen LogP contribution in [0.4, 0.5) is 4.39 Å². The summed E-state index contributed by atoms with van der Waals surface area (Å²) in [7, 11) is 0. The maximum atomic E-state index is 15.4. The summed E-state index contributed by atoms with van der Waals surface area (Å²) in [5, 5.41) is 12.1. The number of carbonyl (C=O) groups excluding carboxylic acids is 1. The van der Waals surface area contributed by atoms with E-state index < -0.39 is 28.4 Å². The summed E-state index contributed by atoms with van der Waals surface area (Å²) in [5.74, 6) is -0.376. The van der Waals surface area contributed by atoms with Crippen molar-refractivity contribution in [1.82, 2.24) is 0 Å². The highest BCUT2D eigenvalue weighted by Crippen LogP contribution is 2.68. The Hall–Kier alpha value is -2.24. The first kappa shape index (κ1) is 20.4. The molecule has 7 atom stereocenters. The molecule has 3 fully saturated rings. The molecule has 1 heterocycles. The van der Waals surface area contributed by atoms with Crippen LogP contribution in [-0.2, 0) is 9.53 Å². The number of fused-ring (bicyclic) bond motifs is 5. The largest absolute Gasteiger partial charge is 0.457 e. The molecule has 0 spiro atoms. The molecule has 6 rings (SSSR count). The summed E-state index contributed by atoms with van der Waals surface area (Å²) in [6.07, 6.45) is 8.37. The number of aliphatic hydroxyl groups is 1. The fourth-order valence-electron chi connectivity index (χ4n) is 7.30. The smallest absolute Gasteiger partial charge is 0.264 e. The van der Waals surface area contributed by atoms with E-state index in [2.05, 4.69) is 13.0 Å². The van der Waals surface area contributed by atoms with Gasteiger partial charge in [-0.2, -0.15) is 0 Å². The van der Waals surface area contributed by atoms with Gasteiger partial charge in [0.2, 0.25) is 0 Å². The topological polar surface area (TPSA) is 59.1 Å². The molecular weight excluding hydrogens is 407 g/mol. The monoisotopic (exact) mass is 436 g/mol. The summed E-state index contributed by atoms with van der Waals surface area (Å²) in [5.41, 5.74) is -0.435. The average molecular weight is 437 g/mol. The third kappa shape index (κ3) is 2.47. The summed E-state index contributed by atoms with van der Waals surface area (Å²) in [6, 6.07) is 9.49. The van der Waals surface area contributed by atoms with Crippen molar-refractivity contribution in [3.05, 3.63) is 65.8 Å². The predicted octanol–water partition coefficient (Wildman–Crippen LogP) is 4.70. The zero-order valence-corrected chi connectivity index (χ0v) is 18.5. The number of benzene rings is 1. The summed E-state index contributed by atoms with van der Waals surface area (Å²) in [4.78, 5) is 11.9. The standard InChI is InChI=1S/C27H29FO4/c1-24-11-8-17(29)14-22(24)23(28)15-19-20(24)9-12-25(2)21(19)10-13-26(25,30)27(16-31-27)32-18-6-4-3-5-7-18/h3-9,11,14,19,21,23,30H,10,12-13,15-16H2,1-2H3/t19-,21+,23+,24-,25+,26-,27?/m1/s1. The van der Waals surface area contributed by atoms with Gasteiger partial charge in [-0.05, 0) is 74.3 Å². The van der Waals surface area contributed by atoms with E-state index in [0.717, 1.165) is 6.42 Å². The SMILES string of the molecule is C[C@]12C=CC(=O)C=C1[C@@H](F)C[C@@H]1C2=CC[C@@]2(C)[C@H]1CC[C@]2(O)C1(Oc2ccccc2)CO1. The number of epoxide rings is 1. The number of ether oxygens (including phenoxy) is 2. The molecule has 0 aromatic heterocycles. The van der Waals surface area contributed by atoms with Crippen LogP contribution < -0.4 is 4.74 Å². The summed E-state index contributed by atoms with van der Waals surface area (Å²) >= 11 is 0. The third-order valence-corrected chi connectivity index (χ3v) is 9.15. The first-order valence-corrected chi connectivity index (χ1v) is 11.6. The summed E-state index contributed by atoms with van der Waals surface area (Å²) < 4.78 is 27.5. The molecule has 0 radical (unpaired) electrons. The van der Waals surface area contributed by atoms with E-state index in [9.17, 15) is 9.90 Å². The van der Waals surface area contributed by atoms with Crippen LogP contribution in [0.5, 0.6) is 5.75 Å². The molecule has 1 aromatic rings. The highest BCUT2D eigenvalue weighted by Gasteiger charge is 2.76. The lowest BCUT2D eigenvalue weighted by Crippen LogP contribution is -2.60. The quantitative estimate of drug-likeness (QED) is 0.551. The second-order valence-electron chi connectivity index (χ2n) is 10.6. The number of carbonyl (C=O) groups is 1. The molecule has 1 aliphatic heterocycles. The number of hydrogen-bond donors (Lipinski definition) is 1. The van der Waals surface area contributed by atoms with E-state index in [1.165, 1.54) is 11.6 Å². The lowest BCUT2D eigenvalue weighted by atomic mass is 9.51. The highest BCUT2D eigenvalue weighted by molar-refractivity contribution is 6.01. The molecule has 4 aliphatic carbocycles. The minimum absolute atomic E-state index is 0.0188. The molecule has 5 heteroatoms. The van der Waals surface area contributed by atoms with Crippen LogP contribution in [0.15, 0.2) is 65.8 Å². The van der Waals surface area contributed by atoms with Crippen molar-refractivity contribution in [2.75, 3.05) is 6.61 Å². The second kappa shape index (κ2) is 6.42. The Morgan fingerprint density at radius 3 is 2.66 bits per heavy atom. The van der Waals surface area contributed by atoms with Gasteiger partial charge in [0.25, 0.3) is 5.79 Å². The lowest BCUT2D eigenvalue weighted by Gasteiger charge is -2.55. The van der Waals surface area contributed by atoms with Crippen molar-refractivity contribution in [2.24, 2.45) is 22.7 Å². The molecule has 1 saturated heterocycles. The van der Waals surface area contributed by atoms with Crippen LogP contribution in [0.2, 0.25) is 0 Å². The van der Waals surface area contributed by atoms with Gasteiger partial charge in [-0.1, -0.05) is 42.8 Å². The van der Waals surface area contributed by atoms with Gasteiger partial charge < -0.3 is 14.6 Å². The minimum atomic E-state index is -1.16. The van der Waals surface area contributed by atoms with Crippen molar-refractivity contribution >= 4 is 5.78 Å². The molecule has 1 N–H and O–H groups in total. The predicted molar refractivity (Wildman–Crippen MR) is 118 cm³/mol. The Bertz CT molecular complexity index is 1070. The first-order valence-electron chi connectivity index (χ1n) is 11.6. The molecule has 1 unspecified atom stereocenters. The van der Waals surface area contributed by atoms with Crippen LogP contribution >= 0.6 is 0 Å². The number of allylic oxidation sites excluding steroid dienone is 6. The van der Waals surface area contributed by atoms with E-state index >= 15 is 4.39 Å². The lowest BCUT2D eigenvalue weighted by molar-refractivity contribution is -0.192. The molecule has 5 aliphatic rings. The zero-order chi connectivity index (χ0) is 22.4. The fourth-order valence-corrected chi connectivity index (χ4v) is 7.30. The van der Waals surface area contributed by atoms with Crippen LogP contribution in [0.25, 0.3) is 0 Å². The summed E-state index contributed by atoms with van der Waals surface area (Å²) in [6.45, 7) is 4.50. The minimum Gasteiger partial charge on any atom is -0.457 e.